The topological polar surface area (TPSA) is 351 Å². The van der Waals surface area contributed by atoms with E-state index < -0.39 is 45.7 Å². The third kappa shape index (κ3) is 36.1. The highest BCUT2D eigenvalue weighted by atomic mass is 79.9. The van der Waals surface area contributed by atoms with Gasteiger partial charge < -0.3 is 79.2 Å². The molecule has 27 heteroatoms. The van der Waals surface area contributed by atoms with Gasteiger partial charge in [-0.2, -0.15) is 0 Å². The number of halogens is 1. The maximum absolute atomic E-state index is 13.5. The number of aliphatic hydroxyl groups excluding tert-OH is 1. The number of aromatic hydroxyl groups is 2. The number of allylic oxidation sites excluding steroid dienone is 2. The predicted octanol–water partition coefficient (Wildman–Crippen LogP) is 20.2. The molecule has 2 aromatic heterocycles. The summed E-state index contributed by atoms with van der Waals surface area (Å²) in [5.41, 5.74) is 12.9. The fraction of sp³-hybridized carbons (Fsp3) is 0.480. The molecule has 1 saturated heterocycles. The first-order chi connectivity index (χ1) is 61.2. The number of alkyl halides is 1. The molecule has 1 amide bonds. The Morgan fingerprint density at radius 3 is 1.28 bits per heavy atom. The van der Waals surface area contributed by atoms with Crippen molar-refractivity contribution in [3.63, 3.8) is 0 Å². The van der Waals surface area contributed by atoms with E-state index in [-0.39, 0.29) is 77.2 Å². The second-order valence-electron chi connectivity index (χ2n) is 29.5. The molecule has 0 aliphatic carbocycles. The number of Topliss-reactive ketones (excluding diaryl/α,β-unsaturated/α-hetero) is 2. The zero-order chi connectivity index (χ0) is 94.2. The molecule has 5 aromatic carbocycles. The smallest absolute Gasteiger partial charge is 0.358 e. The zero-order valence-corrected chi connectivity index (χ0v) is 79.3. The number of amides is 1. The average molecular weight is 1820 g/mol. The van der Waals surface area contributed by atoms with Gasteiger partial charge in [0.05, 0.1) is 33.0 Å². The van der Waals surface area contributed by atoms with E-state index in [4.69, 9.17) is 24.7 Å². The molecule has 1 fully saturated rings. The number of aromatic amines is 2. The molecule has 1 aliphatic heterocycles. The van der Waals surface area contributed by atoms with Gasteiger partial charge in [0, 0.05) is 104 Å². The van der Waals surface area contributed by atoms with E-state index in [2.05, 4.69) is 63.5 Å². The summed E-state index contributed by atoms with van der Waals surface area (Å²) in [5.74, 6) is -3.29. The van der Waals surface area contributed by atoms with Crippen LogP contribution in [0.25, 0.3) is 0 Å². The van der Waals surface area contributed by atoms with Crippen LogP contribution in [0.15, 0.2) is 184 Å². The quantitative estimate of drug-likeness (QED) is 0.00516. The van der Waals surface area contributed by atoms with Crippen molar-refractivity contribution < 1.29 is 77.4 Å². The fourth-order valence-electron chi connectivity index (χ4n) is 13.7. The fourth-order valence-corrected chi connectivity index (χ4v) is 14.1. The van der Waals surface area contributed by atoms with Crippen molar-refractivity contribution in [2.24, 2.45) is 5.73 Å². The van der Waals surface area contributed by atoms with Crippen LogP contribution in [0.1, 0.15) is 263 Å². The number of hydrogen-bond donors (Lipinski definition) is 6. The van der Waals surface area contributed by atoms with Crippen LogP contribution in [-0.2, 0) is 65.3 Å². The van der Waals surface area contributed by atoms with Crippen molar-refractivity contribution in [2.75, 3.05) is 91.9 Å². The van der Waals surface area contributed by atoms with E-state index >= 15 is 0 Å². The molecule has 8 rings (SSSR count). The zero-order valence-electron chi connectivity index (χ0n) is 77.7. The number of para-hydroxylation sites is 4. The number of nitrogens with zero attached hydrogens (tertiary/aromatic N) is 5. The number of aliphatic hydroxyl groups is 1. The highest BCUT2D eigenvalue weighted by Crippen LogP contribution is 2.40. The summed E-state index contributed by atoms with van der Waals surface area (Å²) in [6.07, 6.45) is 15.1. The number of pyridine rings is 2. The van der Waals surface area contributed by atoms with Crippen LogP contribution in [0.5, 0.6) is 11.5 Å². The third-order valence-corrected chi connectivity index (χ3v) is 21.1. The minimum absolute atomic E-state index is 0.0182. The largest absolute Gasteiger partial charge is 0.510 e. The average Bonchev–Trinajstić information content (AvgIpc) is 1.47. The third-order valence-electron chi connectivity index (χ3n) is 20.2. The Morgan fingerprint density at radius 2 is 0.850 bits per heavy atom. The van der Waals surface area contributed by atoms with Gasteiger partial charge in [0.25, 0.3) is 17.0 Å². The van der Waals surface area contributed by atoms with E-state index in [0.717, 1.165) is 106 Å². The number of nitrogens with one attached hydrogen (secondary N) is 2. The van der Waals surface area contributed by atoms with E-state index in [1.165, 1.54) is 5.56 Å². The Hall–Kier alpha value is -11.5. The number of likely N-dealkylation sites (N-methyl/N-ethyl adjacent to an activating group) is 2. The van der Waals surface area contributed by atoms with Gasteiger partial charge in [0.2, 0.25) is 0 Å². The number of aromatic nitrogens is 2. The Labute approximate surface area is 760 Å². The molecule has 7 N–H and O–H groups in total. The van der Waals surface area contributed by atoms with Crippen molar-refractivity contribution in [1.82, 2.24) is 14.9 Å². The first kappa shape index (κ1) is 110. The molecule has 696 valence electrons. The Balaban J connectivity index is 0.000000407. The van der Waals surface area contributed by atoms with Gasteiger partial charge in [-0.25, -0.2) is 14.4 Å². The molecule has 127 heavy (non-hydrogen) atoms. The van der Waals surface area contributed by atoms with Gasteiger partial charge in [-0.05, 0) is 181 Å². The number of nitrogens with two attached hydrogens (primary N) is 1. The molecule has 3 heterocycles. The van der Waals surface area contributed by atoms with E-state index in [1.54, 1.807) is 44.4 Å². The van der Waals surface area contributed by atoms with Crippen molar-refractivity contribution in [3.8, 4) is 11.5 Å². The number of benzene rings is 5. The van der Waals surface area contributed by atoms with Crippen LogP contribution in [0.2, 0.25) is 0 Å². The van der Waals surface area contributed by atoms with Crippen LogP contribution >= 0.6 is 15.9 Å². The Morgan fingerprint density at radius 1 is 0.465 bits per heavy atom. The maximum atomic E-state index is 13.5. The summed E-state index contributed by atoms with van der Waals surface area (Å²) >= 11 is 3.02. The van der Waals surface area contributed by atoms with Crippen LogP contribution in [-0.4, -0.2) is 155 Å². The van der Waals surface area contributed by atoms with Crippen LogP contribution < -0.4 is 36.5 Å². The number of rotatable bonds is 44. The van der Waals surface area contributed by atoms with Crippen molar-refractivity contribution in [1.29, 1.82) is 0 Å². The summed E-state index contributed by atoms with van der Waals surface area (Å²) in [6.45, 7) is 33.7. The molecule has 1 aliphatic rings. The lowest BCUT2D eigenvalue weighted by molar-refractivity contribution is -0.146. The lowest BCUT2D eigenvalue weighted by atomic mass is 9.99. The van der Waals surface area contributed by atoms with Gasteiger partial charge in [-0.3, -0.25) is 33.6 Å². The SMILES string of the molecule is CCCC/C(N)=C(/C(=O)OCC)N(CC)c1ccccc1.CCCC/C(O)=C(/C(=O)OCC)N(CC)c1ccccc1.CCCCC(=O)C(Br)C(=O)OCC.CCCCC(=O)CC(=O)OCC.CCCCc1[nH]c(=O)c(C(=O)N2CC[C@@H](c3ccccc3)C2)c(O)c1N(CC)c1ccccc1.CCCCc1[nH]c(=O)c(C(=O)OCC)c(O)c1N(CC)c1ccccc1. The summed E-state index contributed by atoms with van der Waals surface area (Å²) in [4.78, 5) is 134. The molecular formula is C100H141BrN8O18. The predicted molar refractivity (Wildman–Crippen MR) is 510 cm³/mol. The molecule has 26 nitrogen and oxygen atoms in total. The number of unbranched alkanes of at least 4 members (excludes halogenated alkanes) is 6. The van der Waals surface area contributed by atoms with Crippen LogP contribution in [0.3, 0.4) is 0 Å². The van der Waals surface area contributed by atoms with Gasteiger partial charge in [-0.15, -0.1) is 0 Å². The van der Waals surface area contributed by atoms with Crippen LogP contribution in [0.4, 0.5) is 34.1 Å². The van der Waals surface area contributed by atoms with E-state index in [0.29, 0.717) is 132 Å². The molecule has 0 spiro atoms. The molecule has 1 unspecified atom stereocenters. The van der Waals surface area contributed by atoms with Crippen LogP contribution in [0, 0.1) is 0 Å². The minimum Gasteiger partial charge on any atom is -0.510 e. The first-order valence-corrected chi connectivity index (χ1v) is 46.2. The van der Waals surface area contributed by atoms with Gasteiger partial charge in [-0.1, -0.05) is 199 Å². The summed E-state index contributed by atoms with van der Waals surface area (Å²) in [7, 11) is 0. The lowest BCUT2D eigenvalue weighted by Crippen LogP contribution is -2.34. The monoisotopic (exact) mass is 1820 g/mol. The molecule has 7 aromatic rings. The number of hydrogen-bond acceptors (Lipinski definition) is 23. The number of likely N-dealkylation sites (tertiary alicyclic amines) is 1. The number of aryl methyl sites for hydroxylation is 2. The van der Waals surface area contributed by atoms with Gasteiger partial charge in [0.1, 0.15) is 40.6 Å². The number of esters is 5. The van der Waals surface area contributed by atoms with Crippen molar-refractivity contribution >= 4 is 97.4 Å². The highest BCUT2D eigenvalue weighted by Gasteiger charge is 2.35. The summed E-state index contributed by atoms with van der Waals surface area (Å²) < 4.78 is 24.6. The van der Waals surface area contributed by atoms with Gasteiger partial charge in [0.15, 0.2) is 33.4 Å². The van der Waals surface area contributed by atoms with Gasteiger partial charge >= 0.3 is 29.8 Å². The Kier molecular flexibility index (Phi) is 54.1. The maximum Gasteiger partial charge on any atom is 0.358 e. The second-order valence-corrected chi connectivity index (χ2v) is 30.4. The first-order valence-electron chi connectivity index (χ1n) is 45.3. The van der Waals surface area contributed by atoms with E-state index in [9.17, 15) is 63.3 Å². The molecule has 0 bridgehead atoms. The minimum atomic E-state index is -0.821. The second kappa shape index (κ2) is 62.6. The molecule has 0 saturated carbocycles. The summed E-state index contributed by atoms with van der Waals surface area (Å²) in [6, 6.07) is 48.7. The molecule has 2 atom stereocenters. The number of anilines is 6. The number of ether oxygens (including phenoxy) is 5. The number of carbonyl (C=O) groups is 8. The normalized spacial score (nSPS) is 12.3. The van der Waals surface area contributed by atoms with E-state index in [1.807, 2.05) is 203 Å². The summed E-state index contributed by atoms with van der Waals surface area (Å²) in [5, 5.41) is 32.6. The highest BCUT2D eigenvalue weighted by molar-refractivity contribution is 9.10. The lowest BCUT2D eigenvalue weighted by Gasteiger charge is -2.28. The number of ketones is 2. The van der Waals surface area contributed by atoms with Crippen molar-refractivity contribution in [2.45, 2.75) is 243 Å². The molecular weight excluding hydrogens is 1680 g/mol. The number of H-pyrrole nitrogens is 2. The van der Waals surface area contributed by atoms with Crippen molar-refractivity contribution in [3.05, 3.63) is 223 Å². The molecule has 0 radical (unpaired) electrons. The standard InChI is InChI=1S/C28H33N3O3.C20H26N2O4.C17H26N2O2.C17H25NO3.C9H15BrO3.C9H16O3/c1-3-5-16-23-25(31(4-2)22-14-10-7-11-15-22)26(32)24(27(33)29-23)28(34)30-18-17-21(19-30)20-12-8-6-9-13-20;1-4-7-13-15-17(22(5-2)14-11-9-8-10-12-14)18(23)16(19(24)21-15)20(25)26-6-3;1-4-7-13-15(18)16(17(20)21-6-3)19(5-2)14-11-9-8-10-12-14;1-4-7-13-15(19)16(17(20)21-6-3)18(5-2)14-11-9-8-10-12-14;1-3-5-6-7(11)8(10)9(12)13-4-2;1-3-5-6-8(10)7-9(11)12-4-2/h6-15,21H,3-5,16-19H2,1-2H3,(H2,29,32,33);8-12H,4-7,13H2,1-3H3,(H2,21,23,24);8-12H,4-7,13,18H2,1-3H3;8-12,19H,4-7,13H2,1-3H3;8H,3-6H2,1-2H3;3-7H2,1-2H3/b;;2*16-15+;;/t21-;;;;;/m1...../s1. The number of carbonyl (C=O) groups excluding carboxylic acids is 8. The Bertz CT molecular complexity index is 4530.